The van der Waals surface area contributed by atoms with Crippen LogP contribution in [0.15, 0.2) is 142 Å². The number of aliphatic hydroxyl groups is 1. The van der Waals surface area contributed by atoms with E-state index in [1.54, 1.807) is 60.7 Å². The number of aromatic nitrogens is 2. The fourth-order valence-electron chi connectivity index (χ4n) is 8.99. The Bertz CT molecular complexity index is 3160. The smallest absolute Gasteiger partial charge is 0.351 e. The van der Waals surface area contributed by atoms with Gasteiger partial charge >= 0.3 is 11.9 Å². The number of phenolic OH excluding ortho intramolecular Hbond substituents is 1. The highest BCUT2D eigenvalue weighted by Gasteiger charge is 2.28. The molecule has 2 unspecified atom stereocenters. The molecule has 8 aromatic rings. The number of aryl methyl sites for hydroxylation is 6. The Morgan fingerprint density at radius 2 is 0.901 bits per heavy atom. The highest BCUT2D eigenvalue weighted by atomic mass is 35.5. The molecule has 0 saturated carbocycles. The lowest BCUT2D eigenvalue weighted by molar-refractivity contribution is -0.150. The molecule has 0 aliphatic carbocycles. The van der Waals surface area contributed by atoms with Crippen molar-refractivity contribution in [2.45, 2.75) is 118 Å². The Balaban J connectivity index is 0.000000219. The second-order valence-corrected chi connectivity index (χ2v) is 20.0. The molecule has 81 heavy (non-hydrogen) atoms. The minimum absolute atomic E-state index is 0.0988. The number of carbonyl (C=O) groups excluding carboxylic acids is 2. The lowest BCUT2D eigenvalue weighted by Gasteiger charge is -2.23. The van der Waals surface area contributed by atoms with Crippen LogP contribution in [0.5, 0.6) is 23.0 Å². The van der Waals surface area contributed by atoms with Gasteiger partial charge in [0.1, 0.15) is 34.5 Å². The van der Waals surface area contributed by atoms with Crippen molar-refractivity contribution in [1.29, 1.82) is 0 Å². The highest BCUT2D eigenvalue weighted by Crippen LogP contribution is 2.38. The topological polar surface area (TPSA) is 173 Å². The molecule has 0 radical (unpaired) electrons. The van der Waals surface area contributed by atoms with Crippen molar-refractivity contribution >= 4 is 35.1 Å². The number of hydrogen-bond acceptors (Lipinski definition) is 13. The minimum atomic E-state index is -0.908. The molecule has 2 atom stereocenters. The van der Waals surface area contributed by atoms with Crippen molar-refractivity contribution in [3.05, 3.63) is 200 Å². The summed E-state index contributed by atoms with van der Waals surface area (Å²) in [6.07, 6.45) is 6.03. The zero-order valence-corrected chi connectivity index (χ0v) is 49.1. The molecule has 428 valence electrons. The summed E-state index contributed by atoms with van der Waals surface area (Å²) >= 11 is 12.0. The van der Waals surface area contributed by atoms with Crippen LogP contribution in [0.1, 0.15) is 122 Å². The molecule has 0 bridgehead atoms. The number of aliphatic hydroxyl groups excluding tert-OH is 1. The van der Waals surface area contributed by atoms with Gasteiger partial charge in [-0.3, -0.25) is 0 Å². The standard InChI is InChI=1S/C33H36ClNO5.C21H25ClO4.C12H13NO2/c1-5-10-25-20-28(38-19-18-29-22(3)39-32(35-29)24-12-8-7-9-13-24)21-26(11-6-2)30(25)40-31(33(36)37-4)23-14-16-27(34)17-15-23;1-4-6-15-12-18(23)13-16(7-5-2)19(15)26-20(21(24)25-3)14-8-10-17(22)11-9-14;1-9-11(7-8-14)13-12(15-9)10-5-3-2-4-6-10/h7-9,12-17,20-21,31H,5-6,10-11,18-19H2,1-4H3;8-13,20,23H,4-7H2,1-3H3;2-6,14H,7-8H2,1H3. The summed E-state index contributed by atoms with van der Waals surface area (Å²) in [5, 5.41) is 20.1. The number of methoxy groups -OCH3 is 2. The van der Waals surface area contributed by atoms with Gasteiger partial charge in [-0.1, -0.05) is 137 Å². The van der Waals surface area contributed by atoms with Crippen LogP contribution in [0.3, 0.4) is 0 Å². The van der Waals surface area contributed by atoms with Gasteiger partial charge in [0, 0.05) is 51.7 Å². The molecule has 0 fully saturated rings. The summed E-state index contributed by atoms with van der Waals surface area (Å²) in [6, 6.07) is 41.0. The first-order valence-electron chi connectivity index (χ1n) is 27.5. The molecular formula is C66H74Cl2N2O11. The Kier molecular flexibility index (Phi) is 24.7. The lowest BCUT2D eigenvalue weighted by atomic mass is 10.0. The van der Waals surface area contributed by atoms with E-state index in [0.29, 0.717) is 63.9 Å². The van der Waals surface area contributed by atoms with Gasteiger partial charge < -0.3 is 42.7 Å². The van der Waals surface area contributed by atoms with Gasteiger partial charge in [0.05, 0.1) is 32.2 Å². The van der Waals surface area contributed by atoms with Crippen LogP contribution >= 0.6 is 23.2 Å². The third-order valence-corrected chi connectivity index (χ3v) is 13.5. The van der Waals surface area contributed by atoms with Gasteiger partial charge in [-0.15, -0.1) is 0 Å². The number of benzene rings is 6. The molecule has 0 spiro atoms. The van der Waals surface area contributed by atoms with Crippen molar-refractivity contribution in [1.82, 2.24) is 9.97 Å². The third kappa shape index (κ3) is 18.0. The van der Waals surface area contributed by atoms with Crippen molar-refractivity contribution in [2.24, 2.45) is 0 Å². The summed E-state index contributed by atoms with van der Waals surface area (Å²) in [5.41, 5.74) is 8.74. The zero-order valence-electron chi connectivity index (χ0n) is 47.6. The minimum Gasteiger partial charge on any atom is -0.508 e. The van der Waals surface area contributed by atoms with Gasteiger partial charge in [0.15, 0.2) is 0 Å². The number of hydrogen-bond donors (Lipinski definition) is 2. The maximum atomic E-state index is 12.8. The second-order valence-electron chi connectivity index (χ2n) is 19.2. The number of esters is 2. The molecule has 6 aromatic carbocycles. The molecular weight excluding hydrogens is 1070 g/mol. The van der Waals surface area contributed by atoms with Gasteiger partial charge in [-0.25, -0.2) is 19.6 Å². The first kappa shape index (κ1) is 62.6. The normalized spacial score (nSPS) is 11.5. The predicted octanol–water partition coefficient (Wildman–Crippen LogP) is 15.6. The average molecular weight is 1140 g/mol. The Labute approximate surface area is 486 Å². The second kappa shape index (κ2) is 32.0. The van der Waals surface area contributed by atoms with E-state index in [9.17, 15) is 14.7 Å². The largest absolute Gasteiger partial charge is 0.508 e. The molecule has 13 nitrogen and oxygen atoms in total. The van der Waals surface area contributed by atoms with Crippen LogP contribution in [0.2, 0.25) is 10.0 Å². The van der Waals surface area contributed by atoms with Gasteiger partial charge in [-0.2, -0.15) is 0 Å². The number of aromatic hydroxyl groups is 1. The van der Waals surface area contributed by atoms with Crippen molar-refractivity contribution < 1.29 is 52.3 Å². The average Bonchev–Trinajstić information content (AvgIpc) is 4.06. The molecule has 0 aliphatic rings. The third-order valence-electron chi connectivity index (χ3n) is 13.0. The fourth-order valence-corrected chi connectivity index (χ4v) is 9.25. The number of rotatable bonds is 24. The van der Waals surface area contributed by atoms with Crippen LogP contribution in [-0.4, -0.2) is 59.6 Å². The van der Waals surface area contributed by atoms with Crippen LogP contribution in [-0.2, 0) is 57.6 Å². The zero-order chi connectivity index (χ0) is 58.3. The first-order valence-corrected chi connectivity index (χ1v) is 28.3. The van der Waals surface area contributed by atoms with Crippen molar-refractivity contribution in [3.63, 3.8) is 0 Å². The molecule has 15 heteroatoms. The van der Waals surface area contributed by atoms with Gasteiger partial charge in [-0.05, 0) is 135 Å². The summed E-state index contributed by atoms with van der Waals surface area (Å²) in [4.78, 5) is 34.2. The molecule has 0 amide bonds. The Morgan fingerprint density at radius 3 is 1.26 bits per heavy atom. The van der Waals surface area contributed by atoms with E-state index < -0.39 is 24.1 Å². The van der Waals surface area contributed by atoms with E-state index in [1.807, 2.05) is 86.6 Å². The van der Waals surface area contributed by atoms with Crippen LogP contribution in [0, 0.1) is 13.8 Å². The van der Waals surface area contributed by atoms with Crippen LogP contribution < -0.4 is 14.2 Å². The van der Waals surface area contributed by atoms with Gasteiger partial charge in [0.25, 0.3) is 0 Å². The number of carbonyl (C=O) groups is 2. The quantitative estimate of drug-likeness (QED) is 0.0548. The van der Waals surface area contributed by atoms with E-state index in [0.717, 1.165) is 113 Å². The van der Waals surface area contributed by atoms with Crippen LogP contribution in [0.4, 0.5) is 0 Å². The number of nitrogens with zero attached hydrogens (tertiary/aromatic N) is 2. The maximum Gasteiger partial charge on any atom is 0.351 e. The molecule has 8 rings (SSSR count). The summed E-state index contributed by atoms with van der Waals surface area (Å²) in [5.74, 6) is 4.20. The number of halogens is 2. The maximum absolute atomic E-state index is 12.8. The summed E-state index contributed by atoms with van der Waals surface area (Å²) in [6.45, 7) is 12.7. The van der Waals surface area contributed by atoms with Crippen molar-refractivity contribution in [2.75, 3.05) is 27.4 Å². The van der Waals surface area contributed by atoms with E-state index >= 15 is 0 Å². The molecule has 2 N–H and O–H groups in total. The number of phenols is 1. The predicted molar refractivity (Wildman–Crippen MR) is 318 cm³/mol. The van der Waals surface area contributed by atoms with Crippen LogP contribution in [0.25, 0.3) is 22.9 Å². The van der Waals surface area contributed by atoms with Crippen molar-refractivity contribution in [3.8, 4) is 45.9 Å². The monoisotopic (exact) mass is 1140 g/mol. The summed E-state index contributed by atoms with van der Waals surface area (Å²) < 4.78 is 40.3. The first-order chi connectivity index (χ1) is 39.2. The fraction of sp³-hybridized carbons (Fsp3) is 0.333. The Hall–Kier alpha value is -7.58. The van der Waals surface area contributed by atoms with Gasteiger partial charge in [0.2, 0.25) is 24.0 Å². The summed E-state index contributed by atoms with van der Waals surface area (Å²) in [7, 11) is 2.70. The molecule has 2 aromatic heterocycles. The molecule has 2 heterocycles. The molecule has 0 saturated heterocycles. The Morgan fingerprint density at radius 1 is 0.531 bits per heavy atom. The number of oxazole rings is 2. The lowest BCUT2D eigenvalue weighted by Crippen LogP contribution is -2.21. The van der Waals surface area contributed by atoms with E-state index in [-0.39, 0.29) is 12.4 Å². The van der Waals surface area contributed by atoms with E-state index in [4.69, 9.17) is 65.8 Å². The molecule has 0 aliphatic heterocycles. The van der Waals surface area contributed by atoms with E-state index in [2.05, 4.69) is 32.7 Å². The SMILES string of the molecule is CCCc1cc(O)cc(CCC)c1OC(C(=O)OC)c1ccc(Cl)cc1.CCCc1cc(OCCc2nc(-c3ccccc3)oc2C)cc(CCC)c1OC(C(=O)OC)c1ccc(Cl)cc1.Cc1oc(-c2ccccc2)nc1CCO. The van der Waals surface area contributed by atoms with E-state index in [1.165, 1.54) is 14.2 Å². The highest BCUT2D eigenvalue weighted by molar-refractivity contribution is 6.30. The number of ether oxygens (including phenoxy) is 5.